The molecular formula is C16H30N3O6PS. The first kappa shape index (κ1) is 22.5. The highest BCUT2D eigenvalue weighted by atomic mass is 32.2. The zero-order valence-electron chi connectivity index (χ0n) is 15.4. The number of carbonyl (C=O) groups is 2. The molecule has 0 bridgehead atoms. The second-order valence-corrected chi connectivity index (χ2v) is 9.47. The van der Waals surface area contributed by atoms with Crippen molar-refractivity contribution in [3.05, 3.63) is 0 Å². The minimum absolute atomic E-state index is 0.0528. The van der Waals surface area contributed by atoms with Crippen LogP contribution in [0.5, 0.6) is 0 Å². The topological polar surface area (TPSA) is 137 Å². The van der Waals surface area contributed by atoms with Crippen LogP contribution in [0.2, 0.25) is 0 Å². The Kier molecular flexibility index (Phi) is 9.38. The summed E-state index contributed by atoms with van der Waals surface area (Å²) in [6.45, 7) is 0.676. The van der Waals surface area contributed by atoms with Crippen molar-refractivity contribution in [2.45, 2.75) is 68.7 Å². The monoisotopic (exact) mass is 423 g/mol. The molecule has 2 aliphatic rings. The number of fused-ring (bicyclic) bond motifs is 1. The minimum Gasteiger partial charge on any atom is -0.356 e. The summed E-state index contributed by atoms with van der Waals surface area (Å²) in [5, 5.41) is 9.25. The van der Waals surface area contributed by atoms with Crippen molar-refractivity contribution in [2.24, 2.45) is 0 Å². The Morgan fingerprint density at radius 3 is 2.74 bits per heavy atom. The van der Waals surface area contributed by atoms with Gasteiger partial charge in [0.15, 0.2) is 0 Å². The van der Waals surface area contributed by atoms with Crippen molar-refractivity contribution in [1.29, 1.82) is 0 Å². The van der Waals surface area contributed by atoms with E-state index in [0.717, 1.165) is 44.3 Å². The molecule has 0 aromatic rings. The lowest BCUT2D eigenvalue weighted by molar-refractivity contribution is -0.121. The van der Waals surface area contributed by atoms with Crippen molar-refractivity contribution in [1.82, 2.24) is 16.0 Å². The van der Waals surface area contributed by atoms with E-state index in [1.165, 1.54) is 0 Å². The van der Waals surface area contributed by atoms with Crippen LogP contribution < -0.4 is 16.0 Å². The van der Waals surface area contributed by atoms with Crippen molar-refractivity contribution in [3.63, 3.8) is 0 Å². The van der Waals surface area contributed by atoms with Gasteiger partial charge >= 0.3 is 13.9 Å². The summed E-state index contributed by atoms with van der Waals surface area (Å²) >= 11 is 1.89. The molecule has 27 heavy (non-hydrogen) atoms. The Labute approximate surface area is 164 Å². The summed E-state index contributed by atoms with van der Waals surface area (Å²) in [6.07, 6.45) is 6.48. The van der Waals surface area contributed by atoms with Crippen LogP contribution in [-0.4, -0.2) is 58.0 Å². The van der Waals surface area contributed by atoms with Gasteiger partial charge in [0.1, 0.15) is 0 Å². The first-order valence-electron chi connectivity index (χ1n) is 9.50. The number of rotatable bonds is 13. The van der Waals surface area contributed by atoms with E-state index >= 15 is 0 Å². The number of nitrogens with one attached hydrogen (secondary N) is 3. The molecule has 3 amide bonds. The maximum atomic E-state index is 11.8. The summed E-state index contributed by atoms with van der Waals surface area (Å²) in [5.41, 5.74) is 0. The molecule has 3 atom stereocenters. The first-order chi connectivity index (χ1) is 12.8. The molecular weight excluding hydrogens is 393 g/mol. The van der Waals surface area contributed by atoms with E-state index in [2.05, 4.69) is 20.5 Å². The van der Waals surface area contributed by atoms with E-state index in [0.29, 0.717) is 24.6 Å². The molecule has 2 rings (SSSR count). The van der Waals surface area contributed by atoms with E-state index in [9.17, 15) is 14.2 Å². The number of hydrogen-bond acceptors (Lipinski definition) is 5. The summed E-state index contributed by atoms with van der Waals surface area (Å²) in [5.74, 6) is 1.02. The maximum Gasteiger partial charge on any atom is 0.469 e. The van der Waals surface area contributed by atoms with Gasteiger partial charge in [-0.3, -0.25) is 9.32 Å². The van der Waals surface area contributed by atoms with Crippen molar-refractivity contribution >= 4 is 31.5 Å². The number of hydrogen-bond donors (Lipinski definition) is 5. The molecule has 11 heteroatoms. The zero-order valence-corrected chi connectivity index (χ0v) is 17.1. The fraction of sp³-hybridized carbons (Fsp3) is 0.875. The molecule has 0 aliphatic carbocycles. The first-order valence-corrected chi connectivity index (χ1v) is 12.1. The second kappa shape index (κ2) is 11.3. The van der Waals surface area contributed by atoms with Gasteiger partial charge in [0.05, 0.1) is 18.7 Å². The summed E-state index contributed by atoms with van der Waals surface area (Å²) in [7, 11) is -4.35. The van der Waals surface area contributed by atoms with Crippen LogP contribution in [0.4, 0.5) is 4.79 Å². The lowest BCUT2D eigenvalue weighted by atomic mass is 10.0. The molecule has 0 aromatic carbocycles. The predicted molar refractivity (Wildman–Crippen MR) is 103 cm³/mol. The van der Waals surface area contributed by atoms with E-state index in [1.54, 1.807) is 0 Å². The number of urea groups is 1. The van der Waals surface area contributed by atoms with Crippen LogP contribution in [0.25, 0.3) is 0 Å². The Morgan fingerprint density at radius 2 is 1.96 bits per heavy atom. The number of phosphoric acid groups is 1. The molecule has 0 unspecified atom stereocenters. The van der Waals surface area contributed by atoms with Crippen molar-refractivity contribution in [2.75, 3.05) is 18.9 Å². The molecule has 9 nitrogen and oxygen atoms in total. The van der Waals surface area contributed by atoms with Gasteiger partial charge in [-0.25, -0.2) is 9.36 Å². The van der Waals surface area contributed by atoms with Crippen LogP contribution in [0.15, 0.2) is 0 Å². The number of phosphoric ester groups is 1. The zero-order chi connectivity index (χ0) is 19.7. The van der Waals surface area contributed by atoms with Crippen LogP contribution in [0.1, 0.15) is 51.4 Å². The van der Waals surface area contributed by atoms with Gasteiger partial charge in [-0.05, 0) is 25.7 Å². The quantitative estimate of drug-likeness (QED) is 0.172. The SMILES string of the molecule is O=C(CCCC[C@@H]1SC[C@@H]2NC(=O)N[C@@H]21)NCCCCCCOP(=O)(O)O. The molecule has 156 valence electrons. The Morgan fingerprint density at radius 1 is 1.19 bits per heavy atom. The molecule has 0 radical (unpaired) electrons. The van der Waals surface area contributed by atoms with Gasteiger partial charge in [0.2, 0.25) is 5.91 Å². The largest absolute Gasteiger partial charge is 0.469 e. The van der Waals surface area contributed by atoms with Crippen LogP contribution in [0.3, 0.4) is 0 Å². The van der Waals surface area contributed by atoms with E-state index < -0.39 is 7.82 Å². The normalized spacial score (nSPS) is 24.4. The highest BCUT2D eigenvalue weighted by Gasteiger charge is 2.42. The van der Waals surface area contributed by atoms with Crippen molar-refractivity contribution < 1.29 is 28.5 Å². The van der Waals surface area contributed by atoms with E-state index in [-0.39, 0.29) is 30.6 Å². The maximum absolute atomic E-state index is 11.8. The minimum atomic E-state index is -4.35. The third-order valence-corrected chi connectivity index (χ3v) is 6.76. The average molecular weight is 423 g/mol. The number of unbranched alkanes of at least 4 members (excludes halogenated alkanes) is 4. The van der Waals surface area contributed by atoms with Gasteiger partial charge in [0, 0.05) is 24.0 Å². The van der Waals surface area contributed by atoms with Crippen LogP contribution >= 0.6 is 19.6 Å². The number of carbonyl (C=O) groups excluding carboxylic acids is 2. The highest BCUT2D eigenvalue weighted by molar-refractivity contribution is 8.00. The summed E-state index contributed by atoms with van der Waals surface area (Å²) in [4.78, 5) is 40.2. The predicted octanol–water partition coefficient (Wildman–Crippen LogP) is 1.50. The third kappa shape index (κ3) is 8.83. The smallest absolute Gasteiger partial charge is 0.356 e. The van der Waals surface area contributed by atoms with Crippen LogP contribution in [-0.2, 0) is 13.9 Å². The Balaban J connectivity index is 1.40. The van der Waals surface area contributed by atoms with Gasteiger partial charge in [-0.1, -0.05) is 19.3 Å². The standard InChI is InChI=1S/C16H30N3O6PS/c20-14(17-9-5-1-2-6-10-25-26(22,23)24)8-4-3-7-13-15-12(11-27-13)18-16(21)19-15/h12-13,15H,1-11H2,(H,17,20)(H2,18,19,21)(H2,22,23,24)/t12-,13-,15-/m0/s1. The van der Waals surface area contributed by atoms with Gasteiger partial charge in [-0.2, -0.15) is 11.8 Å². The summed E-state index contributed by atoms with van der Waals surface area (Å²) in [6, 6.07) is 0.409. The van der Waals surface area contributed by atoms with Gasteiger partial charge in [-0.15, -0.1) is 0 Å². The van der Waals surface area contributed by atoms with Gasteiger partial charge < -0.3 is 25.7 Å². The Bertz CT molecular complexity index is 546. The molecule has 0 aromatic heterocycles. The van der Waals surface area contributed by atoms with Crippen LogP contribution in [0, 0.1) is 0 Å². The second-order valence-electron chi connectivity index (χ2n) is 6.96. The highest BCUT2D eigenvalue weighted by Crippen LogP contribution is 2.35. The summed E-state index contributed by atoms with van der Waals surface area (Å²) < 4.78 is 14.9. The van der Waals surface area contributed by atoms with E-state index in [4.69, 9.17) is 9.79 Å². The Hall–Kier alpha value is -0.800. The lowest BCUT2D eigenvalue weighted by Crippen LogP contribution is -2.36. The van der Waals surface area contributed by atoms with Gasteiger partial charge in [0.25, 0.3) is 0 Å². The molecule has 2 aliphatic heterocycles. The molecule has 0 saturated carbocycles. The lowest BCUT2D eigenvalue weighted by Gasteiger charge is -2.16. The average Bonchev–Trinajstić information content (AvgIpc) is 3.12. The fourth-order valence-electron chi connectivity index (χ4n) is 3.35. The molecule has 2 saturated heterocycles. The molecule has 0 spiro atoms. The third-order valence-electron chi connectivity index (χ3n) is 4.73. The molecule has 2 heterocycles. The molecule has 2 fully saturated rings. The van der Waals surface area contributed by atoms with E-state index in [1.807, 2.05) is 11.8 Å². The fourth-order valence-corrected chi connectivity index (χ4v) is 5.26. The number of amides is 3. The number of thioether (sulfide) groups is 1. The molecule has 5 N–H and O–H groups in total. The van der Waals surface area contributed by atoms with Crippen molar-refractivity contribution in [3.8, 4) is 0 Å².